The molecule has 0 saturated carbocycles. The van der Waals surface area contributed by atoms with Crippen LogP contribution in [0.1, 0.15) is 36.4 Å². The van der Waals surface area contributed by atoms with E-state index in [1.807, 2.05) is 35.2 Å². The summed E-state index contributed by atoms with van der Waals surface area (Å²) in [6, 6.07) is 18.5. The fraction of sp³-hybridized carbons (Fsp3) is 0.350. The Morgan fingerprint density at radius 3 is 2.57 bits per heavy atom. The Bertz CT molecular complexity index is 636. The lowest BCUT2D eigenvalue weighted by atomic mass is 10.0. The molecule has 0 unspecified atom stereocenters. The van der Waals surface area contributed by atoms with Crippen LogP contribution in [0.25, 0.3) is 0 Å². The highest BCUT2D eigenvalue weighted by molar-refractivity contribution is 5.77. The Morgan fingerprint density at radius 1 is 1.13 bits per heavy atom. The maximum absolute atomic E-state index is 12.6. The van der Waals surface area contributed by atoms with E-state index in [4.69, 9.17) is 4.74 Å². The maximum atomic E-state index is 12.6. The lowest BCUT2D eigenvalue weighted by molar-refractivity contribution is -0.132. The number of hydrogen-bond acceptors (Lipinski definition) is 2. The van der Waals surface area contributed by atoms with Crippen molar-refractivity contribution in [2.75, 3.05) is 13.7 Å². The van der Waals surface area contributed by atoms with Gasteiger partial charge in [-0.25, -0.2) is 0 Å². The molecule has 2 aromatic rings. The third kappa shape index (κ3) is 3.73. The molecule has 1 amide bonds. The molecule has 3 rings (SSSR count). The smallest absolute Gasteiger partial charge is 0.223 e. The average Bonchev–Trinajstić information content (AvgIpc) is 3.10. The van der Waals surface area contributed by atoms with Crippen LogP contribution in [0.15, 0.2) is 54.6 Å². The zero-order valence-corrected chi connectivity index (χ0v) is 13.6. The van der Waals surface area contributed by atoms with Crippen LogP contribution in [-0.4, -0.2) is 24.5 Å². The average molecular weight is 309 g/mol. The Balaban J connectivity index is 1.64. The Hall–Kier alpha value is -2.29. The van der Waals surface area contributed by atoms with Crippen molar-refractivity contribution in [3.05, 3.63) is 65.7 Å². The quantitative estimate of drug-likeness (QED) is 0.835. The van der Waals surface area contributed by atoms with Gasteiger partial charge in [0.2, 0.25) is 5.91 Å². The summed E-state index contributed by atoms with van der Waals surface area (Å²) in [6.45, 7) is 0.865. The molecule has 120 valence electrons. The van der Waals surface area contributed by atoms with Gasteiger partial charge in [0, 0.05) is 13.0 Å². The molecular formula is C20H23NO2. The number of likely N-dealkylation sites (tertiary alicyclic amines) is 1. The van der Waals surface area contributed by atoms with Gasteiger partial charge < -0.3 is 9.64 Å². The van der Waals surface area contributed by atoms with E-state index >= 15 is 0 Å². The predicted molar refractivity (Wildman–Crippen MR) is 91.4 cm³/mol. The van der Waals surface area contributed by atoms with Crippen LogP contribution in [-0.2, 0) is 11.2 Å². The second-order valence-corrected chi connectivity index (χ2v) is 6.00. The van der Waals surface area contributed by atoms with Gasteiger partial charge >= 0.3 is 0 Å². The molecule has 0 spiro atoms. The summed E-state index contributed by atoms with van der Waals surface area (Å²) in [5, 5.41) is 0. The Kier molecular flexibility index (Phi) is 4.96. The van der Waals surface area contributed by atoms with Crippen LogP contribution in [0, 0.1) is 0 Å². The van der Waals surface area contributed by atoms with Gasteiger partial charge in [-0.05, 0) is 42.5 Å². The molecule has 1 aliphatic rings. The first-order valence-corrected chi connectivity index (χ1v) is 8.25. The van der Waals surface area contributed by atoms with Gasteiger partial charge in [0.25, 0.3) is 0 Å². The summed E-state index contributed by atoms with van der Waals surface area (Å²) in [6.07, 6.45) is 3.51. The number of amides is 1. The fourth-order valence-corrected chi connectivity index (χ4v) is 3.28. The molecule has 3 nitrogen and oxygen atoms in total. The first-order chi connectivity index (χ1) is 11.3. The first-order valence-electron chi connectivity index (χ1n) is 8.25. The van der Waals surface area contributed by atoms with Gasteiger partial charge in [0.15, 0.2) is 0 Å². The van der Waals surface area contributed by atoms with Crippen molar-refractivity contribution in [3.8, 4) is 5.75 Å². The molecule has 1 heterocycles. The van der Waals surface area contributed by atoms with E-state index in [2.05, 4.69) is 24.3 Å². The summed E-state index contributed by atoms with van der Waals surface area (Å²) in [5.41, 5.74) is 2.43. The zero-order valence-electron chi connectivity index (χ0n) is 13.6. The highest BCUT2D eigenvalue weighted by Gasteiger charge is 2.29. The van der Waals surface area contributed by atoms with E-state index < -0.39 is 0 Å². The number of benzene rings is 2. The molecule has 0 radical (unpaired) electrons. The number of carbonyl (C=O) groups excluding carboxylic acids is 1. The molecule has 1 fully saturated rings. The molecule has 1 saturated heterocycles. The van der Waals surface area contributed by atoms with Gasteiger partial charge in [0.1, 0.15) is 5.75 Å². The third-order valence-electron chi connectivity index (χ3n) is 4.54. The van der Waals surface area contributed by atoms with E-state index in [9.17, 15) is 4.79 Å². The Labute approximate surface area is 137 Å². The SMILES string of the molecule is COc1ccc([C@H]2CCCN2C(=O)CCc2ccccc2)cc1. The molecule has 0 aliphatic carbocycles. The second-order valence-electron chi connectivity index (χ2n) is 6.00. The maximum Gasteiger partial charge on any atom is 0.223 e. The van der Waals surface area contributed by atoms with Crippen LogP contribution >= 0.6 is 0 Å². The molecule has 0 bridgehead atoms. The van der Waals surface area contributed by atoms with Crippen LogP contribution in [0.4, 0.5) is 0 Å². The van der Waals surface area contributed by atoms with Gasteiger partial charge in [-0.1, -0.05) is 42.5 Å². The summed E-state index contributed by atoms with van der Waals surface area (Å²) >= 11 is 0. The van der Waals surface area contributed by atoms with Crippen LogP contribution < -0.4 is 4.74 Å². The van der Waals surface area contributed by atoms with E-state index in [1.54, 1.807) is 7.11 Å². The monoisotopic (exact) mass is 309 g/mol. The largest absolute Gasteiger partial charge is 0.497 e. The summed E-state index contributed by atoms with van der Waals surface area (Å²) in [4.78, 5) is 14.7. The molecule has 2 aromatic carbocycles. The number of ether oxygens (including phenoxy) is 1. The molecule has 23 heavy (non-hydrogen) atoms. The minimum Gasteiger partial charge on any atom is -0.497 e. The molecule has 0 N–H and O–H groups in total. The summed E-state index contributed by atoms with van der Waals surface area (Å²) in [7, 11) is 1.67. The standard InChI is InChI=1S/C20H23NO2/c1-23-18-12-10-17(11-13-18)19-8-5-15-21(19)20(22)14-9-16-6-3-2-4-7-16/h2-4,6-7,10-13,19H,5,8-9,14-15H2,1H3/t19-/m1/s1. The molecule has 0 aromatic heterocycles. The summed E-state index contributed by atoms with van der Waals surface area (Å²) in [5.74, 6) is 1.11. The molecule has 1 aliphatic heterocycles. The van der Waals surface area contributed by atoms with E-state index in [0.717, 1.165) is 31.6 Å². The van der Waals surface area contributed by atoms with Crippen molar-refractivity contribution >= 4 is 5.91 Å². The van der Waals surface area contributed by atoms with E-state index in [-0.39, 0.29) is 11.9 Å². The van der Waals surface area contributed by atoms with Crippen molar-refractivity contribution in [1.82, 2.24) is 4.90 Å². The van der Waals surface area contributed by atoms with Crippen molar-refractivity contribution in [1.29, 1.82) is 0 Å². The molecular weight excluding hydrogens is 286 g/mol. The highest BCUT2D eigenvalue weighted by atomic mass is 16.5. The third-order valence-corrected chi connectivity index (χ3v) is 4.54. The zero-order chi connectivity index (χ0) is 16.1. The van der Waals surface area contributed by atoms with Crippen molar-refractivity contribution in [2.24, 2.45) is 0 Å². The number of methoxy groups -OCH3 is 1. The van der Waals surface area contributed by atoms with Crippen molar-refractivity contribution in [2.45, 2.75) is 31.7 Å². The molecule has 1 atom stereocenters. The van der Waals surface area contributed by atoms with Crippen LogP contribution in [0.3, 0.4) is 0 Å². The van der Waals surface area contributed by atoms with Gasteiger partial charge in [-0.15, -0.1) is 0 Å². The van der Waals surface area contributed by atoms with Gasteiger partial charge in [-0.3, -0.25) is 4.79 Å². The minimum atomic E-state index is 0.212. The van der Waals surface area contributed by atoms with E-state index in [1.165, 1.54) is 11.1 Å². The fourth-order valence-electron chi connectivity index (χ4n) is 3.28. The molecule has 3 heteroatoms. The normalized spacial score (nSPS) is 17.3. The number of aryl methyl sites for hydroxylation is 1. The lowest BCUT2D eigenvalue weighted by Gasteiger charge is -2.25. The number of rotatable bonds is 5. The second kappa shape index (κ2) is 7.32. The first kappa shape index (κ1) is 15.6. The topological polar surface area (TPSA) is 29.5 Å². The number of nitrogens with zero attached hydrogens (tertiary/aromatic N) is 1. The van der Waals surface area contributed by atoms with Crippen molar-refractivity contribution in [3.63, 3.8) is 0 Å². The minimum absolute atomic E-state index is 0.212. The Morgan fingerprint density at radius 2 is 1.87 bits per heavy atom. The van der Waals surface area contributed by atoms with Crippen LogP contribution in [0.2, 0.25) is 0 Å². The highest BCUT2D eigenvalue weighted by Crippen LogP contribution is 2.33. The predicted octanol–water partition coefficient (Wildman–Crippen LogP) is 3.99. The van der Waals surface area contributed by atoms with Gasteiger partial charge in [-0.2, -0.15) is 0 Å². The van der Waals surface area contributed by atoms with Gasteiger partial charge in [0.05, 0.1) is 13.2 Å². The van der Waals surface area contributed by atoms with E-state index in [0.29, 0.717) is 6.42 Å². The summed E-state index contributed by atoms with van der Waals surface area (Å²) < 4.78 is 5.21. The van der Waals surface area contributed by atoms with Crippen molar-refractivity contribution < 1.29 is 9.53 Å². The number of hydrogen-bond donors (Lipinski definition) is 0. The lowest BCUT2D eigenvalue weighted by Crippen LogP contribution is -2.30. The number of carbonyl (C=O) groups is 1. The van der Waals surface area contributed by atoms with Crippen LogP contribution in [0.5, 0.6) is 5.75 Å².